The number of ether oxygens (including phenoxy) is 1. The highest BCUT2D eigenvalue weighted by Crippen LogP contribution is 2.30. The predicted octanol–water partition coefficient (Wildman–Crippen LogP) is 2.81. The van der Waals surface area contributed by atoms with Crippen LogP contribution in [0.2, 0.25) is 0 Å². The second-order valence-electron chi connectivity index (χ2n) is 6.75. The second kappa shape index (κ2) is 7.75. The standard InChI is InChI=1S/C22H18N4O4/c1-2-22(20(28)25-21(29)26-22)15-7-9-16(10-8-15)30-19(27)18-6-4-3-5-17(18)14-11-23-13-24-12-14/h3-13H,2H2,1H3,(H2,25,26,28,29). The van der Waals surface area contributed by atoms with Gasteiger partial charge in [0.2, 0.25) is 0 Å². The van der Waals surface area contributed by atoms with E-state index >= 15 is 0 Å². The number of amides is 3. The molecule has 2 heterocycles. The van der Waals surface area contributed by atoms with E-state index in [4.69, 9.17) is 4.74 Å². The predicted molar refractivity (Wildman–Crippen MR) is 108 cm³/mol. The number of hydrogen-bond acceptors (Lipinski definition) is 6. The quantitative estimate of drug-likeness (QED) is 0.386. The number of carbonyl (C=O) groups is 3. The Kier molecular flexibility index (Phi) is 4.97. The zero-order valence-electron chi connectivity index (χ0n) is 16.1. The van der Waals surface area contributed by atoms with Crippen LogP contribution in [0.25, 0.3) is 11.1 Å². The minimum absolute atomic E-state index is 0.318. The summed E-state index contributed by atoms with van der Waals surface area (Å²) in [5.74, 6) is -0.614. The number of aromatic nitrogens is 2. The molecule has 2 aromatic carbocycles. The molecular weight excluding hydrogens is 384 g/mol. The molecule has 150 valence electrons. The average Bonchev–Trinajstić information content (AvgIpc) is 3.08. The van der Waals surface area contributed by atoms with Gasteiger partial charge in [-0.25, -0.2) is 19.6 Å². The molecule has 1 unspecified atom stereocenters. The third kappa shape index (κ3) is 3.39. The van der Waals surface area contributed by atoms with Gasteiger partial charge in [0.15, 0.2) is 0 Å². The lowest BCUT2D eigenvalue weighted by Gasteiger charge is -2.24. The van der Waals surface area contributed by atoms with Crippen LogP contribution in [0.4, 0.5) is 4.79 Å². The molecule has 3 amide bonds. The molecule has 8 nitrogen and oxygen atoms in total. The van der Waals surface area contributed by atoms with Gasteiger partial charge in [0.05, 0.1) is 5.56 Å². The van der Waals surface area contributed by atoms with Crippen molar-refractivity contribution in [1.82, 2.24) is 20.6 Å². The Morgan fingerprint density at radius 1 is 1.03 bits per heavy atom. The van der Waals surface area contributed by atoms with Crippen LogP contribution in [0.5, 0.6) is 5.75 Å². The first kappa shape index (κ1) is 19.3. The first-order valence-electron chi connectivity index (χ1n) is 9.34. The number of carbonyl (C=O) groups excluding carboxylic acids is 3. The first-order chi connectivity index (χ1) is 14.5. The SMILES string of the molecule is CCC1(c2ccc(OC(=O)c3ccccc3-c3cncnc3)cc2)NC(=O)NC1=O. The van der Waals surface area contributed by atoms with E-state index in [0.29, 0.717) is 34.4 Å². The topological polar surface area (TPSA) is 110 Å². The van der Waals surface area contributed by atoms with Crippen molar-refractivity contribution in [2.75, 3.05) is 0 Å². The lowest BCUT2D eigenvalue weighted by molar-refractivity contribution is -0.124. The van der Waals surface area contributed by atoms with Crippen LogP contribution >= 0.6 is 0 Å². The minimum atomic E-state index is -1.13. The minimum Gasteiger partial charge on any atom is -0.423 e. The fraction of sp³-hybridized carbons (Fsp3) is 0.136. The summed E-state index contributed by atoms with van der Waals surface area (Å²) >= 11 is 0. The molecule has 0 saturated carbocycles. The highest BCUT2D eigenvalue weighted by atomic mass is 16.5. The smallest absolute Gasteiger partial charge is 0.344 e. The number of esters is 1. The van der Waals surface area contributed by atoms with Gasteiger partial charge in [0, 0.05) is 18.0 Å². The molecule has 0 bridgehead atoms. The molecule has 0 spiro atoms. The van der Waals surface area contributed by atoms with Gasteiger partial charge in [0.25, 0.3) is 5.91 Å². The Balaban J connectivity index is 1.57. The number of nitrogens with one attached hydrogen (secondary N) is 2. The summed E-state index contributed by atoms with van der Waals surface area (Å²) in [5, 5.41) is 4.94. The Morgan fingerprint density at radius 3 is 2.37 bits per heavy atom. The summed E-state index contributed by atoms with van der Waals surface area (Å²) in [5.41, 5.74) is 1.22. The number of benzene rings is 2. The van der Waals surface area contributed by atoms with Gasteiger partial charge in [-0.15, -0.1) is 0 Å². The summed E-state index contributed by atoms with van der Waals surface area (Å²) in [6.07, 6.45) is 5.05. The Hall–Kier alpha value is -4.07. The first-order valence-corrected chi connectivity index (χ1v) is 9.34. The van der Waals surface area contributed by atoms with Crippen molar-refractivity contribution in [3.63, 3.8) is 0 Å². The molecular formula is C22H18N4O4. The van der Waals surface area contributed by atoms with Gasteiger partial charge in [-0.1, -0.05) is 37.3 Å². The molecule has 3 aromatic rings. The summed E-state index contributed by atoms with van der Waals surface area (Å²) in [7, 11) is 0. The molecule has 1 atom stereocenters. The summed E-state index contributed by atoms with van der Waals surface area (Å²) in [4.78, 5) is 44.6. The van der Waals surface area contributed by atoms with Gasteiger partial charge < -0.3 is 10.1 Å². The van der Waals surface area contributed by atoms with E-state index in [-0.39, 0.29) is 0 Å². The third-order valence-electron chi connectivity index (χ3n) is 5.05. The van der Waals surface area contributed by atoms with E-state index in [2.05, 4.69) is 20.6 Å². The zero-order valence-corrected chi connectivity index (χ0v) is 16.1. The number of hydrogen-bond donors (Lipinski definition) is 2. The van der Waals surface area contributed by atoms with Crippen LogP contribution in [0.1, 0.15) is 29.3 Å². The number of imide groups is 1. The lowest BCUT2D eigenvalue weighted by Crippen LogP contribution is -2.43. The largest absolute Gasteiger partial charge is 0.423 e. The Labute approximate surface area is 172 Å². The highest BCUT2D eigenvalue weighted by molar-refractivity contribution is 6.07. The number of nitrogens with zero attached hydrogens (tertiary/aromatic N) is 2. The Morgan fingerprint density at radius 2 is 1.73 bits per heavy atom. The van der Waals surface area contributed by atoms with E-state index in [1.165, 1.54) is 6.33 Å². The zero-order chi connectivity index (χ0) is 21.1. The van der Waals surface area contributed by atoms with Crippen molar-refractivity contribution >= 4 is 17.9 Å². The normalized spacial score (nSPS) is 17.9. The van der Waals surface area contributed by atoms with E-state index in [0.717, 1.165) is 0 Å². The van der Waals surface area contributed by atoms with E-state index in [1.54, 1.807) is 54.9 Å². The van der Waals surface area contributed by atoms with Crippen LogP contribution in [0.3, 0.4) is 0 Å². The molecule has 2 N–H and O–H groups in total. The molecule has 8 heteroatoms. The van der Waals surface area contributed by atoms with Crippen LogP contribution < -0.4 is 15.4 Å². The highest BCUT2D eigenvalue weighted by Gasteiger charge is 2.46. The fourth-order valence-electron chi connectivity index (χ4n) is 3.47. The maximum atomic E-state index is 12.8. The number of rotatable bonds is 5. The second-order valence-corrected chi connectivity index (χ2v) is 6.75. The van der Waals surface area contributed by atoms with Gasteiger partial charge in [-0.2, -0.15) is 0 Å². The van der Waals surface area contributed by atoms with Crippen LogP contribution in [0.15, 0.2) is 67.3 Å². The molecule has 1 fully saturated rings. The van der Waals surface area contributed by atoms with E-state index in [9.17, 15) is 14.4 Å². The maximum absolute atomic E-state index is 12.8. The van der Waals surface area contributed by atoms with E-state index in [1.807, 2.05) is 13.0 Å². The van der Waals surface area contributed by atoms with Crippen molar-refractivity contribution in [2.45, 2.75) is 18.9 Å². The molecule has 1 saturated heterocycles. The summed E-state index contributed by atoms with van der Waals surface area (Å²) in [6.45, 7) is 1.81. The van der Waals surface area contributed by atoms with Crippen molar-refractivity contribution in [3.8, 4) is 16.9 Å². The third-order valence-corrected chi connectivity index (χ3v) is 5.05. The van der Waals surface area contributed by atoms with Gasteiger partial charge in [0.1, 0.15) is 17.6 Å². The summed E-state index contributed by atoms with van der Waals surface area (Å²) < 4.78 is 5.53. The molecule has 0 radical (unpaired) electrons. The van der Waals surface area contributed by atoms with Gasteiger partial charge in [-0.05, 0) is 35.7 Å². The monoisotopic (exact) mass is 402 g/mol. The molecule has 1 aromatic heterocycles. The molecule has 0 aliphatic carbocycles. The maximum Gasteiger partial charge on any atom is 0.344 e. The van der Waals surface area contributed by atoms with Gasteiger partial charge >= 0.3 is 12.0 Å². The van der Waals surface area contributed by atoms with Gasteiger partial charge in [-0.3, -0.25) is 10.1 Å². The number of urea groups is 1. The van der Waals surface area contributed by atoms with E-state index < -0.39 is 23.4 Å². The van der Waals surface area contributed by atoms with Crippen molar-refractivity contribution in [3.05, 3.63) is 78.4 Å². The average molecular weight is 402 g/mol. The molecule has 30 heavy (non-hydrogen) atoms. The van der Waals surface area contributed by atoms with Crippen molar-refractivity contribution in [2.24, 2.45) is 0 Å². The van der Waals surface area contributed by atoms with Crippen LogP contribution in [-0.4, -0.2) is 27.9 Å². The fourth-order valence-corrected chi connectivity index (χ4v) is 3.47. The molecule has 1 aliphatic rings. The van der Waals surface area contributed by atoms with Crippen molar-refractivity contribution in [1.29, 1.82) is 0 Å². The van der Waals surface area contributed by atoms with Crippen molar-refractivity contribution < 1.29 is 19.1 Å². The summed E-state index contributed by atoms with van der Waals surface area (Å²) in [6, 6.07) is 13.0. The lowest BCUT2D eigenvalue weighted by atomic mass is 9.87. The van der Waals surface area contributed by atoms with Crippen LogP contribution in [0, 0.1) is 0 Å². The molecule has 1 aliphatic heterocycles. The Bertz CT molecular complexity index is 1120. The van der Waals surface area contributed by atoms with Crippen LogP contribution in [-0.2, 0) is 10.3 Å². The molecule has 4 rings (SSSR count).